The highest BCUT2D eigenvalue weighted by molar-refractivity contribution is 7.09. The second-order valence-electron chi connectivity index (χ2n) is 8.26. The SMILES string of the molecule is Cc1nc2ccccc2c(=O)n1CC1CCN(Cc2csc(C3CC3)n2)CC1. The van der Waals surface area contributed by atoms with Gasteiger partial charge >= 0.3 is 0 Å². The monoisotopic (exact) mass is 394 g/mol. The molecule has 6 heteroatoms. The molecule has 1 aliphatic heterocycles. The summed E-state index contributed by atoms with van der Waals surface area (Å²) >= 11 is 1.83. The van der Waals surface area contributed by atoms with Gasteiger partial charge in [0.25, 0.3) is 5.56 Å². The molecule has 5 nitrogen and oxygen atoms in total. The fraction of sp³-hybridized carbons (Fsp3) is 0.500. The summed E-state index contributed by atoms with van der Waals surface area (Å²) in [7, 11) is 0. The van der Waals surface area contributed by atoms with Gasteiger partial charge in [0.1, 0.15) is 5.82 Å². The number of nitrogens with zero attached hydrogens (tertiary/aromatic N) is 4. The number of hydrogen-bond donors (Lipinski definition) is 0. The Morgan fingerprint density at radius 3 is 2.68 bits per heavy atom. The summed E-state index contributed by atoms with van der Waals surface area (Å²) in [6.07, 6.45) is 4.89. The topological polar surface area (TPSA) is 51.0 Å². The van der Waals surface area contributed by atoms with Crippen LogP contribution in [-0.4, -0.2) is 32.5 Å². The van der Waals surface area contributed by atoms with Crippen molar-refractivity contribution in [2.24, 2.45) is 5.92 Å². The molecule has 0 unspecified atom stereocenters. The van der Waals surface area contributed by atoms with Crippen LogP contribution >= 0.6 is 11.3 Å². The lowest BCUT2D eigenvalue weighted by atomic mass is 9.96. The highest BCUT2D eigenvalue weighted by atomic mass is 32.1. The minimum atomic E-state index is 0.0978. The van der Waals surface area contributed by atoms with E-state index in [1.54, 1.807) is 0 Å². The van der Waals surface area contributed by atoms with Crippen LogP contribution in [0.25, 0.3) is 10.9 Å². The first kappa shape index (κ1) is 18.0. The van der Waals surface area contributed by atoms with Crippen LogP contribution in [0, 0.1) is 12.8 Å². The zero-order chi connectivity index (χ0) is 19.1. The van der Waals surface area contributed by atoms with E-state index in [0.29, 0.717) is 5.92 Å². The molecule has 1 aromatic carbocycles. The molecule has 5 rings (SSSR count). The molecule has 1 aliphatic carbocycles. The molecule has 1 saturated carbocycles. The maximum absolute atomic E-state index is 12.9. The smallest absolute Gasteiger partial charge is 0.261 e. The van der Waals surface area contributed by atoms with Crippen molar-refractivity contribution in [1.29, 1.82) is 0 Å². The van der Waals surface area contributed by atoms with Gasteiger partial charge in [-0.1, -0.05) is 12.1 Å². The summed E-state index contributed by atoms with van der Waals surface area (Å²) in [5, 5.41) is 4.30. The Labute approximate surface area is 169 Å². The minimum Gasteiger partial charge on any atom is -0.297 e. The van der Waals surface area contributed by atoms with Crippen LogP contribution in [-0.2, 0) is 13.1 Å². The third-order valence-electron chi connectivity index (χ3n) is 6.08. The van der Waals surface area contributed by atoms with Crippen molar-refractivity contribution in [3.8, 4) is 0 Å². The number of aryl methyl sites for hydroxylation is 1. The Morgan fingerprint density at radius 2 is 1.89 bits per heavy atom. The van der Waals surface area contributed by atoms with Crippen molar-refractivity contribution in [3.05, 3.63) is 56.5 Å². The van der Waals surface area contributed by atoms with Crippen molar-refractivity contribution in [2.75, 3.05) is 13.1 Å². The van der Waals surface area contributed by atoms with E-state index in [2.05, 4.69) is 15.3 Å². The molecular weight excluding hydrogens is 368 g/mol. The van der Waals surface area contributed by atoms with E-state index in [4.69, 9.17) is 4.98 Å². The molecule has 2 aromatic heterocycles. The molecule has 146 valence electrons. The highest BCUT2D eigenvalue weighted by Crippen LogP contribution is 2.41. The summed E-state index contributed by atoms with van der Waals surface area (Å²) in [5.41, 5.74) is 2.13. The molecule has 0 atom stereocenters. The van der Waals surface area contributed by atoms with E-state index in [1.807, 2.05) is 47.1 Å². The van der Waals surface area contributed by atoms with Gasteiger partial charge in [-0.2, -0.15) is 0 Å². The molecule has 2 aliphatic rings. The second kappa shape index (κ2) is 7.41. The molecular formula is C22H26N4OS. The van der Waals surface area contributed by atoms with Gasteiger partial charge in [-0.3, -0.25) is 14.3 Å². The maximum Gasteiger partial charge on any atom is 0.261 e. The Hall–Kier alpha value is -2.05. The summed E-state index contributed by atoms with van der Waals surface area (Å²) in [4.78, 5) is 24.9. The molecule has 2 fully saturated rings. The Morgan fingerprint density at radius 1 is 1.11 bits per heavy atom. The standard InChI is InChI=1S/C22H26N4OS/c1-15-23-20-5-3-2-4-19(20)22(27)26(15)12-16-8-10-25(11-9-16)13-18-14-28-21(24-18)17-6-7-17/h2-5,14,16-17H,6-13H2,1H3. The highest BCUT2D eigenvalue weighted by Gasteiger charge is 2.27. The number of rotatable bonds is 5. The van der Waals surface area contributed by atoms with Gasteiger partial charge in [-0.15, -0.1) is 11.3 Å². The Kier molecular flexibility index (Phi) is 4.77. The van der Waals surface area contributed by atoms with Gasteiger partial charge in [-0.05, 0) is 63.7 Å². The van der Waals surface area contributed by atoms with Gasteiger partial charge in [0, 0.05) is 24.4 Å². The van der Waals surface area contributed by atoms with Gasteiger partial charge in [0.2, 0.25) is 0 Å². The summed E-state index contributed by atoms with van der Waals surface area (Å²) in [5.74, 6) is 2.11. The average Bonchev–Trinajstić information content (AvgIpc) is 3.46. The van der Waals surface area contributed by atoms with Gasteiger partial charge < -0.3 is 0 Å². The van der Waals surface area contributed by atoms with Crippen LogP contribution in [0.3, 0.4) is 0 Å². The van der Waals surface area contributed by atoms with Crippen LogP contribution in [0.5, 0.6) is 0 Å². The lowest BCUT2D eigenvalue weighted by molar-refractivity contribution is 0.164. The lowest BCUT2D eigenvalue weighted by Crippen LogP contribution is -2.36. The van der Waals surface area contributed by atoms with Crippen molar-refractivity contribution in [3.63, 3.8) is 0 Å². The number of aromatic nitrogens is 3. The van der Waals surface area contributed by atoms with E-state index < -0.39 is 0 Å². The summed E-state index contributed by atoms with van der Waals surface area (Å²) < 4.78 is 1.88. The number of benzene rings is 1. The Balaban J connectivity index is 1.22. The van der Waals surface area contributed by atoms with Gasteiger partial charge in [-0.25, -0.2) is 9.97 Å². The molecule has 3 heterocycles. The maximum atomic E-state index is 12.9. The fourth-order valence-electron chi connectivity index (χ4n) is 4.22. The molecule has 0 amide bonds. The third-order valence-corrected chi connectivity index (χ3v) is 7.14. The first-order valence-corrected chi connectivity index (χ1v) is 11.2. The fourth-order valence-corrected chi connectivity index (χ4v) is 5.20. The molecule has 1 saturated heterocycles. The van der Waals surface area contributed by atoms with E-state index in [9.17, 15) is 4.79 Å². The summed E-state index contributed by atoms with van der Waals surface area (Å²) in [6, 6.07) is 7.65. The number of para-hydroxylation sites is 1. The number of likely N-dealkylation sites (tertiary alicyclic amines) is 1. The third kappa shape index (κ3) is 3.63. The number of hydrogen-bond acceptors (Lipinski definition) is 5. The number of piperidine rings is 1. The van der Waals surface area contributed by atoms with Crippen LogP contribution in [0.1, 0.15) is 48.1 Å². The van der Waals surface area contributed by atoms with Crippen molar-refractivity contribution in [2.45, 2.75) is 51.6 Å². The normalized spacial score (nSPS) is 18.8. The first-order valence-electron chi connectivity index (χ1n) is 10.3. The minimum absolute atomic E-state index is 0.0978. The van der Waals surface area contributed by atoms with E-state index in [-0.39, 0.29) is 5.56 Å². The van der Waals surface area contributed by atoms with Crippen LogP contribution in [0.4, 0.5) is 0 Å². The first-order chi connectivity index (χ1) is 13.7. The molecule has 0 radical (unpaired) electrons. The van der Waals surface area contributed by atoms with Crippen molar-refractivity contribution >= 4 is 22.2 Å². The predicted molar refractivity (Wildman–Crippen MR) is 113 cm³/mol. The van der Waals surface area contributed by atoms with E-state index in [0.717, 1.165) is 61.7 Å². The molecule has 3 aromatic rings. The van der Waals surface area contributed by atoms with Gasteiger partial charge in [0.05, 0.1) is 21.6 Å². The van der Waals surface area contributed by atoms with Crippen molar-refractivity contribution in [1.82, 2.24) is 19.4 Å². The van der Waals surface area contributed by atoms with E-state index >= 15 is 0 Å². The Bertz CT molecular complexity index is 1040. The molecule has 0 spiro atoms. The lowest BCUT2D eigenvalue weighted by Gasteiger charge is -2.32. The molecule has 0 bridgehead atoms. The van der Waals surface area contributed by atoms with E-state index in [1.165, 1.54) is 23.5 Å². The van der Waals surface area contributed by atoms with Gasteiger partial charge in [0.15, 0.2) is 0 Å². The van der Waals surface area contributed by atoms with Crippen LogP contribution < -0.4 is 5.56 Å². The van der Waals surface area contributed by atoms with Crippen LogP contribution in [0.15, 0.2) is 34.4 Å². The number of fused-ring (bicyclic) bond motifs is 1. The summed E-state index contributed by atoms with van der Waals surface area (Å²) in [6.45, 7) is 5.85. The number of thiazole rings is 1. The van der Waals surface area contributed by atoms with Crippen molar-refractivity contribution < 1.29 is 0 Å². The zero-order valence-electron chi connectivity index (χ0n) is 16.3. The van der Waals surface area contributed by atoms with Crippen LogP contribution in [0.2, 0.25) is 0 Å². The zero-order valence-corrected chi connectivity index (χ0v) is 17.1. The predicted octanol–water partition coefficient (Wildman–Crippen LogP) is 3.95. The molecule has 28 heavy (non-hydrogen) atoms. The molecule has 0 N–H and O–H groups in total. The second-order valence-corrected chi connectivity index (χ2v) is 9.15. The average molecular weight is 395 g/mol. The quantitative estimate of drug-likeness (QED) is 0.657. The largest absolute Gasteiger partial charge is 0.297 e.